The monoisotopic (exact) mass is 168 g/mol. The summed E-state index contributed by atoms with van der Waals surface area (Å²) < 4.78 is 5.34. The molecule has 0 aliphatic carbocycles. The Bertz CT molecular complexity index is 134. The van der Waals surface area contributed by atoms with E-state index in [2.05, 4.69) is 31.2 Å². The summed E-state index contributed by atoms with van der Waals surface area (Å²) in [6, 6.07) is 0. The van der Waals surface area contributed by atoms with Gasteiger partial charge in [-0.15, -0.1) is 0 Å². The van der Waals surface area contributed by atoms with E-state index < -0.39 is 0 Å². The van der Waals surface area contributed by atoms with Gasteiger partial charge >= 0.3 is 0 Å². The summed E-state index contributed by atoms with van der Waals surface area (Å²) in [5, 5.41) is 0. The van der Waals surface area contributed by atoms with E-state index in [0.29, 0.717) is 6.10 Å². The van der Waals surface area contributed by atoms with Gasteiger partial charge in [-0.1, -0.05) is 31.2 Å². The Kier molecular flexibility index (Phi) is 8.14. The highest BCUT2D eigenvalue weighted by Gasteiger charge is 1.86. The van der Waals surface area contributed by atoms with Crippen LogP contribution in [0.25, 0.3) is 0 Å². The fourth-order valence-corrected chi connectivity index (χ4v) is 0.754. The van der Waals surface area contributed by atoms with Gasteiger partial charge in [0.2, 0.25) is 0 Å². The minimum Gasteiger partial charge on any atom is -0.375 e. The van der Waals surface area contributed by atoms with Crippen molar-refractivity contribution in [3.05, 3.63) is 24.3 Å². The normalized spacial score (nSPS) is 12.3. The lowest BCUT2D eigenvalue weighted by atomic mass is 10.3. The second-order valence-electron chi connectivity index (χ2n) is 2.97. The molecule has 0 aliphatic rings. The molecule has 12 heavy (non-hydrogen) atoms. The zero-order valence-corrected chi connectivity index (χ0v) is 8.42. The summed E-state index contributed by atoms with van der Waals surface area (Å²) in [7, 11) is 0. The van der Waals surface area contributed by atoms with Gasteiger partial charge in [-0.25, -0.2) is 0 Å². The van der Waals surface area contributed by atoms with E-state index >= 15 is 0 Å². The zero-order chi connectivity index (χ0) is 9.23. The van der Waals surface area contributed by atoms with Crippen LogP contribution in [0.2, 0.25) is 0 Å². The molecule has 0 saturated heterocycles. The van der Waals surface area contributed by atoms with Crippen LogP contribution < -0.4 is 0 Å². The Morgan fingerprint density at radius 1 is 1.08 bits per heavy atom. The number of ether oxygens (including phenoxy) is 1. The van der Waals surface area contributed by atoms with Crippen molar-refractivity contribution in [1.82, 2.24) is 0 Å². The Hall–Kier alpha value is -0.560. The van der Waals surface area contributed by atoms with Gasteiger partial charge in [0.1, 0.15) is 0 Å². The lowest BCUT2D eigenvalue weighted by Crippen LogP contribution is -2.01. The van der Waals surface area contributed by atoms with Crippen molar-refractivity contribution in [2.24, 2.45) is 0 Å². The van der Waals surface area contributed by atoms with E-state index in [1.165, 1.54) is 0 Å². The fraction of sp³-hybridized carbons (Fsp3) is 0.636. The summed E-state index contributed by atoms with van der Waals surface area (Å²) in [5.41, 5.74) is 0. The minimum absolute atomic E-state index is 0.334. The number of rotatable bonds is 6. The lowest BCUT2D eigenvalue weighted by molar-refractivity contribution is 0.102. The molecule has 0 N–H and O–H groups in total. The quantitative estimate of drug-likeness (QED) is 0.553. The Morgan fingerprint density at radius 2 is 1.75 bits per heavy atom. The van der Waals surface area contributed by atoms with Gasteiger partial charge in [0.05, 0.1) is 12.7 Å². The molecule has 0 unspecified atom stereocenters. The van der Waals surface area contributed by atoms with E-state index in [1.54, 1.807) is 0 Å². The molecule has 1 heteroatoms. The standard InChI is InChI=1S/C11H20O/c1-4-5-6-7-8-9-10-12-11(2)3/h5-6,8-9,11H,4,7,10H2,1-3H3/b6-5+,9-8+. The third-order valence-corrected chi connectivity index (χ3v) is 1.37. The van der Waals surface area contributed by atoms with Crippen LogP contribution in [0.5, 0.6) is 0 Å². The van der Waals surface area contributed by atoms with Crippen LogP contribution in [0.3, 0.4) is 0 Å². The maximum atomic E-state index is 5.34. The van der Waals surface area contributed by atoms with E-state index in [9.17, 15) is 0 Å². The molecule has 0 fully saturated rings. The van der Waals surface area contributed by atoms with Crippen LogP contribution in [0.1, 0.15) is 33.6 Å². The van der Waals surface area contributed by atoms with Crippen LogP contribution in [0.4, 0.5) is 0 Å². The van der Waals surface area contributed by atoms with Crippen LogP contribution in [0.15, 0.2) is 24.3 Å². The predicted molar refractivity (Wildman–Crippen MR) is 54.3 cm³/mol. The number of hydrogen-bond donors (Lipinski definition) is 0. The smallest absolute Gasteiger partial charge is 0.0651 e. The topological polar surface area (TPSA) is 9.23 Å². The highest BCUT2D eigenvalue weighted by atomic mass is 16.5. The first-order valence-electron chi connectivity index (χ1n) is 4.69. The molecule has 0 aromatic heterocycles. The molecular weight excluding hydrogens is 148 g/mol. The lowest BCUT2D eigenvalue weighted by Gasteiger charge is -2.02. The zero-order valence-electron chi connectivity index (χ0n) is 8.42. The van der Waals surface area contributed by atoms with Gasteiger partial charge in [-0.3, -0.25) is 0 Å². The fourth-order valence-electron chi connectivity index (χ4n) is 0.754. The highest BCUT2D eigenvalue weighted by molar-refractivity contribution is 4.92. The first kappa shape index (κ1) is 11.4. The second kappa shape index (κ2) is 8.54. The van der Waals surface area contributed by atoms with E-state index in [0.717, 1.165) is 19.4 Å². The Balaban J connectivity index is 3.20. The number of allylic oxidation sites excluding steroid dienone is 3. The van der Waals surface area contributed by atoms with Gasteiger partial charge in [-0.2, -0.15) is 0 Å². The first-order valence-corrected chi connectivity index (χ1v) is 4.69. The molecule has 0 saturated carbocycles. The molecule has 0 aromatic carbocycles. The second-order valence-corrected chi connectivity index (χ2v) is 2.97. The summed E-state index contributed by atoms with van der Waals surface area (Å²) in [6.07, 6.45) is 11.0. The average Bonchev–Trinajstić information content (AvgIpc) is 2.02. The maximum Gasteiger partial charge on any atom is 0.0651 e. The third-order valence-electron chi connectivity index (χ3n) is 1.37. The van der Waals surface area contributed by atoms with Crippen molar-refractivity contribution in [2.75, 3.05) is 6.61 Å². The molecule has 0 spiro atoms. The van der Waals surface area contributed by atoms with Crippen molar-refractivity contribution in [3.8, 4) is 0 Å². The summed E-state index contributed by atoms with van der Waals surface area (Å²) in [5.74, 6) is 0. The van der Waals surface area contributed by atoms with E-state index in [4.69, 9.17) is 4.74 Å². The SMILES string of the molecule is CC/C=C/C/C=C/COC(C)C. The molecule has 0 atom stereocenters. The van der Waals surface area contributed by atoms with Crippen molar-refractivity contribution < 1.29 is 4.74 Å². The van der Waals surface area contributed by atoms with Gasteiger partial charge in [0.25, 0.3) is 0 Å². The summed E-state index contributed by atoms with van der Waals surface area (Å²) in [4.78, 5) is 0. The van der Waals surface area contributed by atoms with E-state index in [1.807, 2.05) is 13.8 Å². The molecule has 0 amide bonds. The van der Waals surface area contributed by atoms with Crippen LogP contribution >= 0.6 is 0 Å². The van der Waals surface area contributed by atoms with Gasteiger partial charge in [0.15, 0.2) is 0 Å². The van der Waals surface area contributed by atoms with Gasteiger partial charge in [0, 0.05) is 0 Å². The molecule has 0 aliphatic heterocycles. The van der Waals surface area contributed by atoms with Crippen LogP contribution in [-0.4, -0.2) is 12.7 Å². The molecule has 0 aromatic rings. The summed E-state index contributed by atoms with van der Waals surface area (Å²) in [6.45, 7) is 6.97. The van der Waals surface area contributed by atoms with Crippen molar-refractivity contribution in [1.29, 1.82) is 0 Å². The van der Waals surface area contributed by atoms with Crippen molar-refractivity contribution in [3.63, 3.8) is 0 Å². The van der Waals surface area contributed by atoms with Crippen LogP contribution in [-0.2, 0) is 4.74 Å². The highest BCUT2D eigenvalue weighted by Crippen LogP contribution is 1.91. The molecule has 0 bridgehead atoms. The van der Waals surface area contributed by atoms with Crippen LogP contribution in [0, 0.1) is 0 Å². The van der Waals surface area contributed by atoms with Crippen molar-refractivity contribution in [2.45, 2.75) is 39.7 Å². The Morgan fingerprint density at radius 3 is 2.33 bits per heavy atom. The third kappa shape index (κ3) is 9.44. The predicted octanol–water partition coefficient (Wildman–Crippen LogP) is 3.32. The van der Waals surface area contributed by atoms with E-state index in [-0.39, 0.29) is 0 Å². The molecular formula is C11H20O. The average molecular weight is 168 g/mol. The van der Waals surface area contributed by atoms with Crippen molar-refractivity contribution >= 4 is 0 Å². The van der Waals surface area contributed by atoms with Gasteiger partial charge < -0.3 is 4.74 Å². The molecule has 0 heterocycles. The number of hydrogen-bond acceptors (Lipinski definition) is 1. The molecule has 1 nitrogen and oxygen atoms in total. The largest absolute Gasteiger partial charge is 0.375 e. The maximum absolute atomic E-state index is 5.34. The minimum atomic E-state index is 0.334. The summed E-state index contributed by atoms with van der Waals surface area (Å²) >= 11 is 0. The van der Waals surface area contributed by atoms with Gasteiger partial charge in [-0.05, 0) is 26.7 Å². The molecule has 0 rings (SSSR count). The first-order chi connectivity index (χ1) is 5.77. The Labute approximate surface area is 76.1 Å². The molecule has 0 radical (unpaired) electrons. The molecule has 70 valence electrons.